The average Bonchev–Trinajstić information content (AvgIpc) is 3.17. The van der Waals surface area contributed by atoms with Crippen LogP contribution < -0.4 is 0 Å². The first-order valence-electron chi connectivity index (χ1n) is 8.99. The molecule has 136 valence electrons. The number of nitrogens with zero attached hydrogens (tertiary/aromatic N) is 2. The summed E-state index contributed by atoms with van der Waals surface area (Å²) < 4.78 is 12.9. The van der Waals surface area contributed by atoms with Gasteiger partial charge in [0.15, 0.2) is 0 Å². The normalized spacial score (nSPS) is 17.8. The highest BCUT2D eigenvalue weighted by atomic mass is 16.6. The summed E-state index contributed by atoms with van der Waals surface area (Å²) in [6.45, 7) is 10.3. The Labute approximate surface area is 150 Å². The van der Waals surface area contributed by atoms with Crippen LogP contribution in [0.5, 0.6) is 0 Å². The molecule has 1 saturated heterocycles. The first-order chi connectivity index (χ1) is 11.9. The molecule has 1 aliphatic rings. The highest BCUT2D eigenvalue weighted by Gasteiger charge is 2.19. The van der Waals surface area contributed by atoms with E-state index in [-0.39, 0.29) is 18.3 Å². The van der Waals surface area contributed by atoms with E-state index in [1.54, 1.807) is 6.08 Å². The van der Waals surface area contributed by atoms with Crippen LogP contribution in [-0.2, 0) is 20.8 Å². The minimum absolute atomic E-state index is 0.0297. The van der Waals surface area contributed by atoms with Crippen molar-refractivity contribution >= 4 is 12.0 Å². The number of carbonyl (C=O) groups excluding carboxylic acids is 1. The maximum atomic E-state index is 12.2. The van der Waals surface area contributed by atoms with Crippen molar-refractivity contribution in [3.8, 4) is 6.07 Å². The predicted molar refractivity (Wildman–Crippen MR) is 96.9 cm³/mol. The van der Waals surface area contributed by atoms with Gasteiger partial charge < -0.3 is 14.0 Å². The van der Waals surface area contributed by atoms with Gasteiger partial charge in [-0.1, -0.05) is 13.8 Å². The molecule has 5 heteroatoms. The van der Waals surface area contributed by atoms with Crippen molar-refractivity contribution < 1.29 is 14.3 Å². The summed E-state index contributed by atoms with van der Waals surface area (Å²) >= 11 is 0. The topological polar surface area (TPSA) is 64.2 Å². The van der Waals surface area contributed by atoms with Crippen LogP contribution in [0.3, 0.4) is 0 Å². The molecule has 25 heavy (non-hydrogen) atoms. The fourth-order valence-electron chi connectivity index (χ4n) is 3.02. The van der Waals surface area contributed by atoms with Crippen molar-refractivity contribution in [2.24, 2.45) is 5.92 Å². The largest absolute Gasteiger partial charge is 0.459 e. The number of ether oxygens (including phenoxy) is 2. The minimum Gasteiger partial charge on any atom is -0.459 e. The predicted octanol–water partition coefficient (Wildman–Crippen LogP) is 3.78. The number of hydrogen-bond acceptors (Lipinski definition) is 4. The third-order valence-corrected chi connectivity index (χ3v) is 4.61. The van der Waals surface area contributed by atoms with E-state index in [9.17, 15) is 10.1 Å². The molecule has 1 aromatic heterocycles. The number of carbonyl (C=O) groups is 1. The third kappa shape index (κ3) is 5.20. The van der Waals surface area contributed by atoms with Crippen molar-refractivity contribution in [2.75, 3.05) is 13.2 Å². The molecule has 1 aliphatic heterocycles. The molecule has 1 fully saturated rings. The Morgan fingerprint density at radius 1 is 1.52 bits per heavy atom. The summed E-state index contributed by atoms with van der Waals surface area (Å²) in [7, 11) is 0. The Bertz CT molecular complexity index is 674. The Morgan fingerprint density at radius 2 is 2.28 bits per heavy atom. The van der Waals surface area contributed by atoms with Crippen LogP contribution in [0.15, 0.2) is 11.6 Å². The molecule has 1 atom stereocenters. The number of aryl methyl sites for hydroxylation is 1. The van der Waals surface area contributed by atoms with Crippen molar-refractivity contribution in [3.63, 3.8) is 0 Å². The number of aromatic nitrogens is 1. The summed E-state index contributed by atoms with van der Waals surface area (Å²) in [5.74, 6) is 0.0487. The van der Waals surface area contributed by atoms with Crippen LogP contribution in [0.25, 0.3) is 6.08 Å². The molecule has 0 aliphatic carbocycles. The number of rotatable bonds is 7. The Hall–Kier alpha value is -2.06. The molecule has 0 radical (unpaired) electrons. The highest BCUT2D eigenvalue weighted by Crippen LogP contribution is 2.20. The van der Waals surface area contributed by atoms with E-state index in [1.165, 1.54) is 0 Å². The van der Waals surface area contributed by atoms with Gasteiger partial charge in [0.1, 0.15) is 18.2 Å². The lowest BCUT2D eigenvalue weighted by atomic mass is 10.1. The maximum Gasteiger partial charge on any atom is 0.348 e. The Morgan fingerprint density at radius 3 is 2.88 bits per heavy atom. The van der Waals surface area contributed by atoms with Gasteiger partial charge >= 0.3 is 5.97 Å². The number of hydrogen-bond donors (Lipinski definition) is 0. The summed E-state index contributed by atoms with van der Waals surface area (Å²) in [6.07, 6.45) is 4.58. The molecule has 0 N–H and O–H groups in total. The van der Waals surface area contributed by atoms with Gasteiger partial charge in [-0.05, 0) is 56.7 Å². The Balaban J connectivity index is 2.08. The SMILES string of the molecule is Cc1cc(/C=C(\C#N)C(=O)OCC2CCCO2)c(C)n1CCC(C)C. The van der Waals surface area contributed by atoms with Gasteiger partial charge in [0.05, 0.1) is 6.10 Å². The maximum absolute atomic E-state index is 12.2. The van der Waals surface area contributed by atoms with E-state index in [1.807, 2.05) is 26.0 Å². The average molecular weight is 344 g/mol. The van der Waals surface area contributed by atoms with E-state index in [0.29, 0.717) is 12.5 Å². The molecule has 1 aromatic rings. The molecule has 1 unspecified atom stereocenters. The van der Waals surface area contributed by atoms with E-state index < -0.39 is 5.97 Å². The van der Waals surface area contributed by atoms with Gasteiger partial charge in [0.25, 0.3) is 0 Å². The quantitative estimate of drug-likeness (QED) is 0.429. The zero-order chi connectivity index (χ0) is 18.4. The van der Waals surface area contributed by atoms with Crippen LogP contribution in [0, 0.1) is 31.1 Å². The van der Waals surface area contributed by atoms with Crippen molar-refractivity contribution in [3.05, 3.63) is 28.6 Å². The third-order valence-electron chi connectivity index (χ3n) is 4.61. The second kappa shape index (κ2) is 8.87. The zero-order valence-electron chi connectivity index (χ0n) is 15.7. The van der Waals surface area contributed by atoms with Crippen LogP contribution in [0.4, 0.5) is 0 Å². The van der Waals surface area contributed by atoms with E-state index in [0.717, 1.165) is 42.8 Å². The van der Waals surface area contributed by atoms with Gasteiger partial charge in [-0.25, -0.2) is 4.79 Å². The fourth-order valence-corrected chi connectivity index (χ4v) is 3.02. The van der Waals surface area contributed by atoms with Gasteiger partial charge in [-0.15, -0.1) is 0 Å². The summed E-state index contributed by atoms with van der Waals surface area (Å²) in [4.78, 5) is 12.2. The van der Waals surface area contributed by atoms with Crippen LogP contribution in [0.1, 0.15) is 50.1 Å². The van der Waals surface area contributed by atoms with E-state index >= 15 is 0 Å². The number of nitriles is 1. The highest BCUT2D eigenvalue weighted by molar-refractivity contribution is 5.98. The molecular formula is C20H28N2O3. The van der Waals surface area contributed by atoms with Crippen molar-refractivity contribution in [1.29, 1.82) is 5.26 Å². The molecule has 0 bridgehead atoms. The smallest absolute Gasteiger partial charge is 0.348 e. The fraction of sp³-hybridized carbons (Fsp3) is 0.600. The second-order valence-corrected chi connectivity index (χ2v) is 7.06. The van der Waals surface area contributed by atoms with Gasteiger partial charge in [0, 0.05) is 24.5 Å². The Kier molecular flexibility index (Phi) is 6.83. The monoisotopic (exact) mass is 344 g/mol. The summed E-state index contributed by atoms with van der Waals surface area (Å²) in [6, 6.07) is 3.98. The van der Waals surface area contributed by atoms with Crippen molar-refractivity contribution in [1.82, 2.24) is 4.57 Å². The standard InChI is InChI=1S/C20H28N2O3/c1-14(2)7-8-22-15(3)10-17(16(22)4)11-18(12-21)20(23)25-13-19-6-5-9-24-19/h10-11,14,19H,5-9,13H2,1-4H3/b18-11+. The van der Waals surface area contributed by atoms with Crippen molar-refractivity contribution in [2.45, 2.75) is 59.6 Å². The molecule has 5 nitrogen and oxygen atoms in total. The summed E-state index contributed by atoms with van der Waals surface area (Å²) in [5, 5.41) is 9.34. The van der Waals surface area contributed by atoms with E-state index in [2.05, 4.69) is 18.4 Å². The van der Waals surface area contributed by atoms with E-state index in [4.69, 9.17) is 9.47 Å². The lowest BCUT2D eigenvalue weighted by molar-refractivity contribution is -0.141. The lowest BCUT2D eigenvalue weighted by Crippen LogP contribution is -2.18. The molecule has 0 amide bonds. The van der Waals surface area contributed by atoms with Crippen LogP contribution in [-0.4, -0.2) is 29.9 Å². The molecule has 0 aromatic carbocycles. The zero-order valence-corrected chi connectivity index (χ0v) is 15.7. The van der Waals surface area contributed by atoms with Gasteiger partial charge in [-0.3, -0.25) is 0 Å². The minimum atomic E-state index is -0.579. The lowest BCUT2D eigenvalue weighted by Gasteiger charge is -2.11. The molecule has 2 rings (SSSR count). The summed E-state index contributed by atoms with van der Waals surface area (Å²) in [5.41, 5.74) is 3.13. The second-order valence-electron chi connectivity index (χ2n) is 7.06. The first-order valence-corrected chi connectivity index (χ1v) is 8.99. The number of esters is 1. The molecule has 0 spiro atoms. The van der Waals surface area contributed by atoms with Crippen LogP contribution in [0.2, 0.25) is 0 Å². The molecular weight excluding hydrogens is 316 g/mol. The molecule has 0 saturated carbocycles. The van der Waals surface area contributed by atoms with Gasteiger partial charge in [0.2, 0.25) is 0 Å². The first kappa shape index (κ1) is 19.3. The van der Waals surface area contributed by atoms with Crippen LogP contribution >= 0.6 is 0 Å². The van der Waals surface area contributed by atoms with Gasteiger partial charge in [-0.2, -0.15) is 5.26 Å². The molecule has 2 heterocycles.